The summed E-state index contributed by atoms with van der Waals surface area (Å²) in [6, 6.07) is 73.6. The van der Waals surface area contributed by atoms with Crippen molar-refractivity contribution in [2.45, 2.75) is 0 Å². The van der Waals surface area contributed by atoms with Crippen molar-refractivity contribution < 1.29 is 26.2 Å². The SMILES string of the molecule is Cl.Cl.[CH3-].[Zr].[c-]1ccccc1.[c-]1ccccc1.c1ccc2[cH-]ccc2c1.c1ccc2[cH-]ccc2c1.c1ccc2c(c1)[cH-]c1ccccc12. The van der Waals surface area contributed by atoms with Gasteiger partial charge in [0, 0.05) is 26.2 Å². The molecule has 0 aliphatic heterocycles. The molecule has 0 bridgehead atoms. The van der Waals surface area contributed by atoms with Crippen molar-refractivity contribution in [1.29, 1.82) is 0 Å². The summed E-state index contributed by atoms with van der Waals surface area (Å²) in [6.07, 6.45) is 0. The van der Waals surface area contributed by atoms with Crippen LogP contribution in [0.1, 0.15) is 0 Å². The minimum absolute atomic E-state index is 0. The number of hydrogen-bond donors (Lipinski definition) is 0. The summed E-state index contributed by atoms with van der Waals surface area (Å²) in [5.41, 5.74) is 0. The van der Waals surface area contributed by atoms with Crippen molar-refractivity contribution in [2.75, 3.05) is 0 Å². The Balaban J connectivity index is 0.000000296. The summed E-state index contributed by atoms with van der Waals surface area (Å²) in [5, 5.41) is 10.7. The van der Waals surface area contributed by atoms with Crippen LogP contribution in [0, 0.1) is 19.6 Å². The summed E-state index contributed by atoms with van der Waals surface area (Å²) < 4.78 is 0. The van der Waals surface area contributed by atoms with Crippen LogP contribution in [0.2, 0.25) is 0 Å². The zero-order chi connectivity index (χ0) is 29.4. The van der Waals surface area contributed by atoms with Crippen LogP contribution < -0.4 is 0 Å². The molecule has 0 aliphatic carbocycles. The van der Waals surface area contributed by atoms with Gasteiger partial charge in [-0.15, -0.1) is 124 Å². The molecule has 0 heterocycles. The van der Waals surface area contributed by atoms with Crippen molar-refractivity contribution in [3.8, 4) is 0 Å². The first-order valence-corrected chi connectivity index (χ1v) is 14.4. The van der Waals surface area contributed by atoms with E-state index in [2.05, 4.69) is 152 Å². The van der Waals surface area contributed by atoms with Gasteiger partial charge in [0.25, 0.3) is 0 Å². The summed E-state index contributed by atoms with van der Waals surface area (Å²) in [4.78, 5) is 0. The third-order valence-electron chi connectivity index (χ3n) is 6.83. The molecule has 0 amide bonds. The molecule has 0 radical (unpaired) electrons. The van der Waals surface area contributed by atoms with Gasteiger partial charge in [0.15, 0.2) is 0 Å². The zero-order valence-corrected chi connectivity index (χ0v) is 30.5. The number of halogens is 2. The smallest absolute Gasteiger partial charge is 0 e. The van der Waals surface area contributed by atoms with E-state index in [9.17, 15) is 0 Å². The van der Waals surface area contributed by atoms with Gasteiger partial charge in [-0.05, 0) is 0 Å². The number of hydrogen-bond acceptors (Lipinski definition) is 0. The molecule has 0 saturated carbocycles. The Labute approximate surface area is 311 Å². The van der Waals surface area contributed by atoms with Crippen LogP contribution >= 0.6 is 24.8 Å². The summed E-state index contributed by atoms with van der Waals surface area (Å²) in [6.45, 7) is 0. The van der Waals surface area contributed by atoms with E-state index in [1.54, 1.807) is 0 Å². The molecule has 47 heavy (non-hydrogen) atoms. The number of benzene rings is 6. The van der Waals surface area contributed by atoms with Crippen LogP contribution in [0.4, 0.5) is 0 Å². The summed E-state index contributed by atoms with van der Waals surface area (Å²) >= 11 is 0. The molecule has 9 aromatic carbocycles. The van der Waals surface area contributed by atoms with Gasteiger partial charge in [-0.25, -0.2) is 0 Å². The molecule has 0 saturated heterocycles. The average Bonchev–Trinajstić information content (AvgIpc) is 3.86. The minimum Gasteiger partial charge on any atom is -0.358 e. The maximum Gasteiger partial charge on any atom is 0 e. The molecule has 0 N–H and O–H groups in total. The predicted molar refractivity (Wildman–Crippen MR) is 208 cm³/mol. The van der Waals surface area contributed by atoms with Gasteiger partial charge < -0.3 is 7.43 Å². The van der Waals surface area contributed by atoms with E-state index in [4.69, 9.17) is 0 Å². The normalized spacial score (nSPS) is 9.02. The predicted octanol–water partition coefficient (Wildman–Crippen LogP) is 13.1. The largest absolute Gasteiger partial charge is 0.358 e. The maximum atomic E-state index is 2.89. The van der Waals surface area contributed by atoms with E-state index in [1.165, 1.54) is 43.1 Å². The Hall–Kier alpha value is -4.13. The van der Waals surface area contributed by atoms with E-state index >= 15 is 0 Å². The standard InChI is InChI=1S/C13H9.2C9H7.2C6H5.CH3.2ClH.Zr/c1-3-7-12-10(5-1)9-11-6-2-4-8-13(11)12;2*1-2-5-9-7-3-6-8(9)4-1;2*1-2-4-6-5-3-1;;;;/h1-9H;2*1-7H;2*1-5H;1H3;2*1H;/q6*-1;;;. The average molecular weight is 729 g/mol. The molecule has 0 aromatic heterocycles. The zero-order valence-electron chi connectivity index (χ0n) is 26.4. The van der Waals surface area contributed by atoms with E-state index in [0.29, 0.717) is 0 Å². The molecule has 0 atom stereocenters. The van der Waals surface area contributed by atoms with Gasteiger partial charge in [0.05, 0.1) is 0 Å². The first-order valence-electron chi connectivity index (χ1n) is 14.4. The number of fused-ring (bicyclic) bond motifs is 5. The summed E-state index contributed by atoms with van der Waals surface area (Å²) in [7, 11) is 0. The van der Waals surface area contributed by atoms with Crippen LogP contribution in [0.15, 0.2) is 200 Å². The fourth-order valence-electron chi connectivity index (χ4n) is 4.73. The molecule has 9 rings (SSSR count). The second-order valence-corrected chi connectivity index (χ2v) is 9.78. The van der Waals surface area contributed by atoms with Crippen LogP contribution in [-0.2, 0) is 26.2 Å². The molecule has 3 heteroatoms. The second-order valence-electron chi connectivity index (χ2n) is 9.78. The number of rotatable bonds is 0. The monoisotopic (exact) mass is 726 g/mol. The van der Waals surface area contributed by atoms with E-state index in [0.717, 1.165) is 0 Å². The molecule has 0 unspecified atom stereocenters. The van der Waals surface area contributed by atoms with Crippen LogP contribution in [0.3, 0.4) is 0 Å². The maximum absolute atomic E-state index is 2.89. The van der Waals surface area contributed by atoms with Gasteiger partial charge in [-0.1, -0.05) is 48.5 Å². The molecule has 0 spiro atoms. The summed E-state index contributed by atoms with van der Waals surface area (Å²) in [5.74, 6) is 0. The van der Waals surface area contributed by atoms with Gasteiger partial charge in [-0.2, -0.15) is 108 Å². The minimum atomic E-state index is 0. The van der Waals surface area contributed by atoms with Crippen LogP contribution in [0.25, 0.3) is 43.1 Å². The molecular formula is C44H38Cl2Zr-6. The third-order valence-corrected chi connectivity index (χ3v) is 6.83. The van der Waals surface area contributed by atoms with Gasteiger partial charge in [0.1, 0.15) is 0 Å². The molecule has 0 fully saturated rings. The van der Waals surface area contributed by atoms with E-state index < -0.39 is 0 Å². The van der Waals surface area contributed by atoms with Gasteiger partial charge in [-0.3, -0.25) is 0 Å². The molecular weight excluding hydrogens is 691 g/mol. The molecule has 0 nitrogen and oxygen atoms in total. The van der Waals surface area contributed by atoms with Crippen LogP contribution in [0.5, 0.6) is 0 Å². The fourth-order valence-corrected chi connectivity index (χ4v) is 4.73. The topological polar surface area (TPSA) is 0 Å². The second kappa shape index (κ2) is 23.2. The first-order chi connectivity index (χ1) is 21.4. The molecule has 238 valence electrons. The van der Waals surface area contributed by atoms with E-state index in [1.807, 2.05) is 60.7 Å². The van der Waals surface area contributed by atoms with Crippen molar-refractivity contribution in [1.82, 2.24) is 0 Å². The third kappa shape index (κ3) is 12.9. The first kappa shape index (κ1) is 40.9. The van der Waals surface area contributed by atoms with Crippen molar-refractivity contribution >= 4 is 67.9 Å². The Morgan fingerprint density at radius 1 is 0.362 bits per heavy atom. The van der Waals surface area contributed by atoms with Gasteiger partial charge in [0.2, 0.25) is 0 Å². The quantitative estimate of drug-likeness (QED) is 0.136. The molecule has 9 aromatic rings. The van der Waals surface area contributed by atoms with Crippen molar-refractivity contribution in [2.24, 2.45) is 0 Å². The Kier molecular flexibility index (Phi) is 20.2. The Morgan fingerprint density at radius 3 is 1.02 bits per heavy atom. The van der Waals surface area contributed by atoms with Crippen molar-refractivity contribution in [3.05, 3.63) is 220 Å². The Morgan fingerprint density at radius 2 is 0.702 bits per heavy atom. The Bertz CT molecular complexity index is 1770. The van der Waals surface area contributed by atoms with Gasteiger partial charge >= 0.3 is 0 Å². The van der Waals surface area contributed by atoms with Crippen LogP contribution in [-0.4, -0.2) is 0 Å². The fraction of sp³-hybridized carbons (Fsp3) is 0. The van der Waals surface area contributed by atoms with Crippen molar-refractivity contribution in [3.63, 3.8) is 0 Å². The van der Waals surface area contributed by atoms with E-state index in [-0.39, 0.29) is 58.4 Å². The molecule has 0 aliphatic rings.